The summed E-state index contributed by atoms with van der Waals surface area (Å²) in [5, 5.41) is 0. The molecule has 5 nitrogen and oxygen atoms in total. The predicted octanol–water partition coefficient (Wildman–Crippen LogP) is 2.87. The highest BCUT2D eigenvalue weighted by Gasteiger charge is 2.08. The molecule has 1 heterocycles. The lowest BCUT2D eigenvalue weighted by Crippen LogP contribution is -2.10. The summed E-state index contributed by atoms with van der Waals surface area (Å²) in [5.74, 6) is 6.24. The number of nitrogens with zero attached hydrogens (tertiary/aromatic N) is 2. The van der Waals surface area contributed by atoms with Crippen molar-refractivity contribution in [3.63, 3.8) is 0 Å². The van der Waals surface area contributed by atoms with Gasteiger partial charge < -0.3 is 10.2 Å². The Morgan fingerprint density at radius 3 is 2.56 bits per heavy atom. The molecule has 18 heavy (non-hydrogen) atoms. The molecule has 2 aromatic rings. The van der Waals surface area contributed by atoms with Crippen molar-refractivity contribution in [1.82, 2.24) is 9.97 Å². The minimum Gasteiger partial charge on any atom is -0.472 e. The van der Waals surface area contributed by atoms with Gasteiger partial charge in [0.15, 0.2) is 5.82 Å². The topological polar surface area (TPSA) is 73.1 Å². The summed E-state index contributed by atoms with van der Waals surface area (Å²) in [4.78, 5) is 7.98. The van der Waals surface area contributed by atoms with Crippen LogP contribution < -0.4 is 16.0 Å². The first-order valence-corrected chi connectivity index (χ1v) is 6.63. The van der Waals surface area contributed by atoms with E-state index in [0.29, 0.717) is 22.8 Å². The van der Waals surface area contributed by atoms with E-state index >= 15 is 0 Å². The molecule has 3 N–H and O–H groups in total. The lowest BCUT2D eigenvalue weighted by molar-refractivity contribution is 0.291. The predicted molar refractivity (Wildman–Crippen MR) is 76.0 cm³/mol. The normalized spacial score (nSPS) is 10.2. The molecular formula is C11H10Br2N4O. The van der Waals surface area contributed by atoms with Gasteiger partial charge in [-0.15, -0.1) is 0 Å². The number of hydrogen-bond acceptors (Lipinski definition) is 5. The van der Waals surface area contributed by atoms with E-state index in [4.69, 9.17) is 10.6 Å². The fraction of sp³-hybridized carbons (Fsp3) is 0.0909. The van der Waals surface area contributed by atoms with Gasteiger partial charge in [0.2, 0.25) is 5.88 Å². The van der Waals surface area contributed by atoms with Crippen LogP contribution in [0, 0.1) is 0 Å². The molecule has 2 rings (SSSR count). The maximum absolute atomic E-state index is 5.60. The fourth-order valence-corrected chi connectivity index (χ4v) is 1.99. The molecule has 0 fully saturated rings. The summed E-state index contributed by atoms with van der Waals surface area (Å²) in [7, 11) is 0. The van der Waals surface area contributed by atoms with E-state index in [1.807, 2.05) is 24.3 Å². The highest BCUT2D eigenvalue weighted by molar-refractivity contribution is 9.11. The standard InChI is InChI=1S/C11H10Br2N4O/c12-8-3-1-7(2-4-8)5-18-11-9(13)10(17-14)15-6-16-11/h1-4,6H,5,14H2,(H,15,16,17). The van der Waals surface area contributed by atoms with Crippen LogP contribution in [0.1, 0.15) is 5.56 Å². The summed E-state index contributed by atoms with van der Waals surface area (Å²) in [6.07, 6.45) is 1.39. The second kappa shape index (κ2) is 6.12. The Hall–Kier alpha value is -1.18. The van der Waals surface area contributed by atoms with Gasteiger partial charge in [-0.2, -0.15) is 0 Å². The number of halogens is 2. The third kappa shape index (κ3) is 3.18. The van der Waals surface area contributed by atoms with Gasteiger partial charge in [-0.25, -0.2) is 15.8 Å². The number of nitrogens with two attached hydrogens (primary N) is 1. The van der Waals surface area contributed by atoms with Crippen molar-refractivity contribution < 1.29 is 4.74 Å². The van der Waals surface area contributed by atoms with Gasteiger partial charge >= 0.3 is 0 Å². The molecule has 0 radical (unpaired) electrons. The number of ether oxygens (including phenoxy) is 1. The third-order valence-corrected chi connectivity index (χ3v) is 3.43. The zero-order valence-corrected chi connectivity index (χ0v) is 12.4. The monoisotopic (exact) mass is 372 g/mol. The maximum atomic E-state index is 5.60. The van der Waals surface area contributed by atoms with Crippen molar-refractivity contribution in [2.24, 2.45) is 5.84 Å². The van der Waals surface area contributed by atoms with Crippen molar-refractivity contribution in [3.8, 4) is 5.88 Å². The molecule has 0 bridgehead atoms. The smallest absolute Gasteiger partial charge is 0.233 e. The van der Waals surface area contributed by atoms with Crippen LogP contribution in [-0.2, 0) is 6.61 Å². The average Bonchev–Trinajstić information content (AvgIpc) is 2.39. The van der Waals surface area contributed by atoms with Gasteiger partial charge in [-0.1, -0.05) is 28.1 Å². The minimum absolute atomic E-state index is 0.424. The van der Waals surface area contributed by atoms with E-state index in [2.05, 4.69) is 47.3 Å². The Kier molecular flexibility index (Phi) is 4.51. The summed E-state index contributed by atoms with van der Waals surface area (Å²) in [6, 6.07) is 7.86. The van der Waals surface area contributed by atoms with E-state index < -0.39 is 0 Å². The van der Waals surface area contributed by atoms with Crippen molar-refractivity contribution in [1.29, 1.82) is 0 Å². The molecule has 0 aliphatic heterocycles. The number of nitrogen functional groups attached to an aromatic ring is 1. The van der Waals surface area contributed by atoms with Gasteiger partial charge in [0, 0.05) is 4.47 Å². The van der Waals surface area contributed by atoms with E-state index in [9.17, 15) is 0 Å². The molecule has 0 aliphatic carbocycles. The highest BCUT2D eigenvalue weighted by atomic mass is 79.9. The number of nitrogens with one attached hydrogen (secondary N) is 1. The number of aromatic nitrogens is 2. The molecule has 0 amide bonds. The molecule has 1 aromatic heterocycles. The van der Waals surface area contributed by atoms with E-state index in [1.165, 1.54) is 6.33 Å². The van der Waals surface area contributed by atoms with Gasteiger partial charge in [0.05, 0.1) is 0 Å². The van der Waals surface area contributed by atoms with Crippen LogP contribution in [0.2, 0.25) is 0 Å². The van der Waals surface area contributed by atoms with Gasteiger partial charge in [-0.3, -0.25) is 0 Å². The van der Waals surface area contributed by atoms with E-state index in [0.717, 1.165) is 10.0 Å². The molecule has 0 saturated carbocycles. The summed E-state index contributed by atoms with van der Waals surface area (Å²) in [5.41, 5.74) is 3.50. The Morgan fingerprint density at radius 1 is 1.17 bits per heavy atom. The van der Waals surface area contributed by atoms with Gasteiger partial charge in [0.1, 0.15) is 17.4 Å². The number of hydrazine groups is 1. The van der Waals surface area contributed by atoms with Crippen LogP contribution in [0.5, 0.6) is 5.88 Å². The van der Waals surface area contributed by atoms with Gasteiger partial charge in [0.25, 0.3) is 0 Å². The van der Waals surface area contributed by atoms with Crippen LogP contribution in [0.3, 0.4) is 0 Å². The summed E-state index contributed by atoms with van der Waals surface area (Å²) in [6.45, 7) is 0.424. The number of hydrogen-bond donors (Lipinski definition) is 2. The van der Waals surface area contributed by atoms with Crippen molar-refractivity contribution in [3.05, 3.63) is 45.1 Å². The molecule has 0 saturated heterocycles. The van der Waals surface area contributed by atoms with Gasteiger partial charge in [-0.05, 0) is 33.6 Å². The molecule has 7 heteroatoms. The quantitative estimate of drug-likeness (QED) is 0.636. The molecule has 94 valence electrons. The molecular weight excluding hydrogens is 364 g/mol. The first-order chi connectivity index (χ1) is 8.70. The summed E-state index contributed by atoms with van der Waals surface area (Å²) >= 11 is 6.71. The van der Waals surface area contributed by atoms with Crippen LogP contribution in [-0.4, -0.2) is 9.97 Å². The third-order valence-electron chi connectivity index (χ3n) is 2.18. The molecule has 1 aromatic carbocycles. The lowest BCUT2D eigenvalue weighted by atomic mass is 10.2. The van der Waals surface area contributed by atoms with Crippen LogP contribution in [0.15, 0.2) is 39.5 Å². The number of anilines is 1. The second-order valence-corrected chi connectivity index (χ2v) is 5.11. The SMILES string of the molecule is NNc1ncnc(OCc2ccc(Br)cc2)c1Br. The lowest BCUT2D eigenvalue weighted by Gasteiger charge is -2.09. The number of rotatable bonds is 4. The fourth-order valence-electron chi connectivity index (χ4n) is 1.29. The van der Waals surface area contributed by atoms with Crippen LogP contribution in [0.25, 0.3) is 0 Å². The highest BCUT2D eigenvalue weighted by Crippen LogP contribution is 2.28. The van der Waals surface area contributed by atoms with Crippen LogP contribution >= 0.6 is 31.9 Å². The Morgan fingerprint density at radius 2 is 1.89 bits per heavy atom. The zero-order valence-electron chi connectivity index (χ0n) is 9.23. The molecule has 0 aliphatic rings. The first-order valence-electron chi connectivity index (χ1n) is 5.05. The number of benzene rings is 1. The minimum atomic E-state index is 0.424. The molecule has 0 unspecified atom stereocenters. The first kappa shape index (κ1) is 13.3. The molecule has 0 spiro atoms. The van der Waals surface area contributed by atoms with Crippen molar-refractivity contribution >= 4 is 37.7 Å². The molecule has 0 atom stereocenters. The Labute approximate surface area is 121 Å². The van der Waals surface area contributed by atoms with Crippen molar-refractivity contribution in [2.75, 3.05) is 5.43 Å². The Bertz CT molecular complexity index is 533. The van der Waals surface area contributed by atoms with Crippen LogP contribution in [0.4, 0.5) is 5.82 Å². The van der Waals surface area contributed by atoms with E-state index in [-0.39, 0.29) is 0 Å². The van der Waals surface area contributed by atoms with E-state index in [1.54, 1.807) is 0 Å². The largest absolute Gasteiger partial charge is 0.472 e. The maximum Gasteiger partial charge on any atom is 0.233 e. The summed E-state index contributed by atoms with van der Waals surface area (Å²) < 4.78 is 7.23. The average molecular weight is 374 g/mol. The Balaban J connectivity index is 2.08. The zero-order chi connectivity index (χ0) is 13.0. The van der Waals surface area contributed by atoms with Crippen molar-refractivity contribution in [2.45, 2.75) is 6.61 Å². The second-order valence-electron chi connectivity index (χ2n) is 3.40.